The maximum atomic E-state index is 10.3. The molecule has 0 fully saturated rings. The SMILES string of the molecule is COc1ccc(Br)c(C(O)CCc2ccccc2)c1. The average molecular weight is 321 g/mol. The fraction of sp³-hybridized carbons (Fsp3) is 0.250. The summed E-state index contributed by atoms with van der Waals surface area (Å²) < 4.78 is 6.10. The van der Waals surface area contributed by atoms with E-state index in [0.29, 0.717) is 6.42 Å². The second-order valence-electron chi connectivity index (χ2n) is 4.43. The Hall–Kier alpha value is -1.32. The summed E-state index contributed by atoms with van der Waals surface area (Å²) in [5, 5.41) is 10.3. The van der Waals surface area contributed by atoms with Crippen molar-refractivity contribution in [2.24, 2.45) is 0 Å². The molecule has 0 aromatic heterocycles. The Morgan fingerprint density at radius 2 is 1.89 bits per heavy atom. The summed E-state index contributed by atoms with van der Waals surface area (Å²) in [6.07, 6.45) is 1.05. The maximum absolute atomic E-state index is 10.3. The van der Waals surface area contributed by atoms with E-state index in [1.807, 2.05) is 36.4 Å². The Kier molecular flexibility index (Phi) is 5.00. The Bertz CT molecular complexity index is 526. The number of aryl methyl sites for hydroxylation is 1. The van der Waals surface area contributed by atoms with Gasteiger partial charge in [-0.25, -0.2) is 0 Å². The highest BCUT2D eigenvalue weighted by Crippen LogP contribution is 2.30. The number of halogens is 1. The minimum atomic E-state index is -0.496. The lowest BCUT2D eigenvalue weighted by atomic mass is 10.0. The van der Waals surface area contributed by atoms with Crippen LogP contribution in [0.1, 0.15) is 23.7 Å². The Morgan fingerprint density at radius 3 is 2.58 bits per heavy atom. The summed E-state index contributed by atoms with van der Waals surface area (Å²) in [4.78, 5) is 0. The van der Waals surface area contributed by atoms with Crippen LogP contribution < -0.4 is 4.74 Å². The lowest BCUT2D eigenvalue weighted by Crippen LogP contribution is -2.01. The summed E-state index contributed by atoms with van der Waals surface area (Å²) in [5.74, 6) is 0.761. The molecular formula is C16H17BrO2. The van der Waals surface area contributed by atoms with Crippen LogP contribution in [0.5, 0.6) is 5.75 Å². The number of aliphatic hydroxyl groups excluding tert-OH is 1. The predicted molar refractivity (Wildman–Crippen MR) is 80.4 cm³/mol. The first-order valence-electron chi connectivity index (χ1n) is 6.26. The van der Waals surface area contributed by atoms with Gasteiger partial charge < -0.3 is 9.84 Å². The van der Waals surface area contributed by atoms with E-state index in [1.54, 1.807) is 7.11 Å². The van der Waals surface area contributed by atoms with Crippen LogP contribution in [0, 0.1) is 0 Å². The molecule has 1 N–H and O–H groups in total. The molecule has 0 bridgehead atoms. The normalized spacial score (nSPS) is 12.2. The van der Waals surface area contributed by atoms with E-state index in [4.69, 9.17) is 4.74 Å². The van der Waals surface area contributed by atoms with Crippen LogP contribution in [0.25, 0.3) is 0 Å². The number of hydrogen-bond acceptors (Lipinski definition) is 2. The van der Waals surface area contributed by atoms with Gasteiger partial charge in [0.1, 0.15) is 5.75 Å². The van der Waals surface area contributed by atoms with Crippen molar-refractivity contribution in [3.8, 4) is 5.75 Å². The first kappa shape index (κ1) is 14.1. The zero-order valence-electron chi connectivity index (χ0n) is 10.8. The van der Waals surface area contributed by atoms with Gasteiger partial charge in [-0.1, -0.05) is 46.3 Å². The van der Waals surface area contributed by atoms with Crippen LogP contribution in [0.4, 0.5) is 0 Å². The molecule has 3 heteroatoms. The number of benzene rings is 2. The molecule has 2 rings (SSSR count). The molecule has 0 aliphatic heterocycles. The number of rotatable bonds is 5. The van der Waals surface area contributed by atoms with Crippen molar-refractivity contribution in [2.45, 2.75) is 18.9 Å². The molecule has 19 heavy (non-hydrogen) atoms. The van der Waals surface area contributed by atoms with Crippen LogP contribution in [0.2, 0.25) is 0 Å². The second kappa shape index (κ2) is 6.73. The number of ether oxygens (including phenoxy) is 1. The molecule has 0 saturated carbocycles. The molecule has 0 spiro atoms. The van der Waals surface area contributed by atoms with Gasteiger partial charge in [0.25, 0.3) is 0 Å². The van der Waals surface area contributed by atoms with Gasteiger partial charge in [0, 0.05) is 4.47 Å². The molecule has 0 amide bonds. The van der Waals surface area contributed by atoms with E-state index in [2.05, 4.69) is 28.1 Å². The molecule has 100 valence electrons. The third kappa shape index (κ3) is 3.82. The molecule has 1 unspecified atom stereocenters. The van der Waals surface area contributed by atoms with Gasteiger partial charge in [0.05, 0.1) is 13.2 Å². The quantitative estimate of drug-likeness (QED) is 0.897. The summed E-state index contributed by atoms with van der Waals surface area (Å²) in [6.45, 7) is 0. The predicted octanol–water partition coefficient (Wildman–Crippen LogP) is 4.12. The third-order valence-corrected chi connectivity index (χ3v) is 3.83. The van der Waals surface area contributed by atoms with E-state index in [1.165, 1.54) is 5.56 Å². The molecule has 2 nitrogen and oxygen atoms in total. The van der Waals surface area contributed by atoms with Gasteiger partial charge in [0.2, 0.25) is 0 Å². The summed E-state index contributed by atoms with van der Waals surface area (Å²) in [5.41, 5.74) is 2.11. The summed E-state index contributed by atoms with van der Waals surface area (Å²) in [6, 6.07) is 15.8. The van der Waals surface area contributed by atoms with Gasteiger partial charge in [0.15, 0.2) is 0 Å². The van der Waals surface area contributed by atoms with Crippen molar-refractivity contribution >= 4 is 15.9 Å². The fourth-order valence-corrected chi connectivity index (χ4v) is 2.52. The third-order valence-electron chi connectivity index (χ3n) is 3.11. The van der Waals surface area contributed by atoms with Crippen molar-refractivity contribution in [1.29, 1.82) is 0 Å². The molecular weight excluding hydrogens is 304 g/mol. The van der Waals surface area contributed by atoms with Crippen LogP contribution >= 0.6 is 15.9 Å². The highest BCUT2D eigenvalue weighted by atomic mass is 79.9. The van der Waals surface area contributed by atoms with Gasteiger partial charge in [-0.05, 0) is 42.2 Å². The van der Waals surface area contributed by atoms with Crippen molar-refractivity contribution in [1.82, 2.24) is 0 Å². The van der Waals surface area contributed by atoms with Crippen LogP contribution in [-0.4, -0.2) is 12.2 Å². The topological polar surface area (TPSA) is 29.5 Å². The standard InChI is InChI=1S/C16H17BrO2/c1-19-13-8-9-15(17)14(11-13)16(18)10-7-12-5-3-2-4-6-12/h2-6,8-9,11,16,18H,7,10H2,1H3. The first-order valence-corrected chi connectivity index (χ1v) is 7.05. The summed E-state index contributed by atoms with van der Waals surface area (Å²) >= 11 is 3.47. The molecule has 0 aliphatic carbocycles. The van der Waals surface area contributed by atoms with Gasteiger partial charge in [-0.2, -0.15) is 0 Å². The highest BCUT2D eigenvalue weighted by molar-refractivity contribution is 9.10. The van der Waals surface area contributed by atoms with Crippen molar-refractivity contribution < 1.29 is 9.84 Å². The second-order valence-corrected chi connectivity index (χ2v) is 5.28. The first-order chi connectivity index (χ1) is 9.20. The molecule has 2 aromatic rings. The van der Waals surface area contributed by atoms with Crippen LogP contribution in [0.3, 0.4) is 0 Å². The van der Waals surface area contributed by atoms with Crippen molar-refractivity contribution in [3.63, 3.8) is 0 Å². The van der Waals surface area contributed by atoms with Crippen molar-refractivity contribution in [2.75, 3.05) is 7.11 Å². The molecule has 0 saturated heterocycles. The zero-order valence-corrected chi connectivity index (χ0v) is 12.4. The van der Waals surface area contributed by atoms with Crippen molar-refractivity contribution in [3.05, 3.63) is 64.1 Å². The lowest BCUT2D eigenvalue weighted by Gasteiger charge is -2.14. The average Bonchev–Trinajstić information content (AvgIpc) is 2.46. The fourth-order valence-electron chi connectivity index (χ4n) is 2.01. The number of aliphatic hydroxyl groups is 1. The highest BCUT2D eigenvalue weighted by Gasteiger charge is 2.12. The van der Waals surface area contributed by atoms with E-state index in [-0.39, 0.29) is 0 Å². The molecule has 0 heterocycles. The zero-order chi connectivity index (χ0) is 13.7. The monoisotopic (exact) mass is 320 g/mol. The van der Waals surface area contributed by atoms with E-state index in [0.717, 1.165) is 22.2 Å². The van der Waals surface area contributed by atoms with Gasteiger partial charge in [-0.3, -0.25) is 0 Å². The Morgan fingerprint density at radius 1 is 1.16 bits per heavy atom. The minimum absolute atomic E-state index is 0.496. The van der Waals surface area contributed by atoms with Gasteiger partial charge in [-0.15, -0.1) is 0 Å². The lowest BCUT2D eigenvalue weighted by molar-refractivity contribution is 0.166. The number of hydrogen-bond donors (Lipinski definition) is 1. The largest absolute Gasteiger partial charge is 0.497 e. The Labute approximate surface area is 122 Å². The maximum Gasteiger partial charge on any atom is 0.119 e. The van der Waals surface area contributed by atoms with Crippen LogP contribution in [0.15, 0.2) is 53.0 Å². The molecule has 2 aromatic carbocycles. The van der Waals surface area contributed by atoms with E-state index < -0.39 is 6.10 Å². The van der Waals surface area contributed by atoms with Crippen LogP contribution in [-0.2, 0) is 6.42 Å². The van der Waals surface area contributed by atoms with E-state index in [9.17, 15) is 5.11 Å². The summed E-state index contributed by atoms with van der Waals surface area (Å²) in [7, 11) is 1.63. The van der Waals surface area contributed by atoms with E-state index >= 15 is 0 Å². The molecule has 0 aliphatic rings. The van der Waals surface area contributed by atoms with Gasteiger partial charge >= 0.3 is 0 Å². The minimum Gasteiger partial charge on any atom is -0.497 e. The Balaban J connectivity index is 2.05. The molecule has 1 atom stereocenters. The smallest absolute Gasteiger partial charge is 0.119 e. The molecule has 0 radical (unpaired) electrons. The number of methoxy groups -OCH3 is 1.